The third-order valence-corrected chi connectivity index (χ3v) is 3.32. The minimum absolute atomic E-state index is 0.0417. The molecule has 1 aliphatic rings. The number of hydrogen-bond donors (Lipinski definition) is 1. The molecule has 7 nitrogen and oxygen atoms in total. The van der Waals surface area contributed by atoms with Gasteiger partial charge in [-0.25, -0.2) is 4.79 Å². The molecule has 0 saturated carbocycles. The number of ether oxygens (including phenoxy) is 3. The maximum Gasteiger partial charge on any atom is 0.409 e. The topological polar surface area (TPSA) is 77.1 Å². The molecule has 128 valence electrons. The van der Waals surface area contributed by atoms with E-state index in [1.165, 1.54) is 0 Å². The fourth-order valence-corrected chi connectivity index (χ4v) is 2.11. The molecular formula is C15H28N2O5. The molecule has 0 spiro atoms. The summed E-state index contributed by atoms with van der Waals surface area (Å²) in [5.74, 6) is 0.204. The van der Waals surface area contributed by atoms with Crippen LogP contribution in [0.5, 0.6) is 0 Å². The first-order chi connectivity index (χ1) is 10.5. The summed E-state index contributed by atoms with van der Waals surface area (Å²) >= 11 is 0. The van der Waals surface area contributed by atoms with Crippen LogP contribution in [-0.4, -0.2) is 69.6 Å². The van der Waals surface area contributed by atoms with E-state index in [4.69, 9.17) is 14.2 Å². The predicted octanol–water partition coefficient (Wildman–Crippen LogP) is 1.02. The van der Waals surface area contributed by atoms with Crippen molar-refractivity contribution in [3.8, 4) is 0 Å². The van der Waals surface area contributed by atoms with Gasteiger partial charge < -0.3 is 24.4 Å². The van der Waals surface area contributed by atoms with Crippen LogP contribution in [0.4, 0.5) is 4.79 Å². The van der Waals surface area contributed by atoms with Gasteiger partial charge in [0, 0.05) is 26.2 Å². The lowest BCUT2D eigenvalue weighted by atomic mass is 10.1. The number of carbonyl (C=O) groups excluding carboxylic acids is 2. The summed E-state index contributed by atoms with van der Waals surface area (Å²) in [6.45, 7) is 6.58. The number of nitrogens with zero attached hydrogens (tertiary/aromatic N) is 1. The van der Waals surface area contributed by atoms with E-state index in [1.54, 1.807) is 12.0 Å². The van der Waals surface area contributed by atoms with Gasteiger partial charge in [-0.15, -0.1) is 0 Å². The number of hydrogen-bond acceptors (Lipinski definition) is 5. The lowest BCUT2D eigenvalue weighted by Gasteiger charge is -2.31. The Kier molecular flexibility index (Phi) is 8.84. The fraction of sp³-hybridized carbons (Fsp3) is 0.867. The third kappa shape index (κ3) is 7.61. The maximum atomic E-state index is 11.8. The summed E-state index contributed by atoms with van der Waals surface area (Å²) in [6.07, 6.45) is 1.21. The Morgan fingerprint density at radius 1 is 1.23 bits per heavy atom. The largest absolute Gasteiger partial charge is 0.449 e. The van der Waals surface area contributed by atoms with Gasteiger partial charge in [-0.3, -0.25) is 4.79 Å². The van der Waals surface area contributed by atoms with E-state index in [0.29, 0.717) is 38.8 Å². The zero-order valence-corrected chi connectivity index (χ0v) is 13.8. The normalized spacial score (nSPS) is 15.9. The summed E-state index contributed by atoms with van der Waals surface area (Å²) in [7, 11) is 1.59. The molecule has 0 atom stereocenters. The van der Waals surface area contributed by atoms with Crippen LogP contribution in [-0.2, 0) is 19.0 Å². The standard InChI is InChI=1S/C15H28N2O5/c1-12(2)10-22-15(19)17-6-4-13(5-7-17)16-14(18)11-21-9-8-20-3/h12-13H,4-11H2,1-3H3,(H,16,18). The second kappa shape index (κ2) is 10.4. The van der Waals surface area contributed by atoms with Gasteiger partial charge in [-0.05, 0) is 18.8 Å². The quantitative estimate of drug-likeness (QED) is 0.677. The minimum Gasteiger partial charge on any atom is -0.449 e. The van der Waals surface area contributed by atoms with E-state index < -0.39 is 0 Å². The summed E-state index contributed by atoms with van der Waals surface area (Å²) in [4.78, 5) is 25.2. The van der Waals surface area contributed by atoms with Crippen LogP contribution < -0.4 is 5.32 Å². The molecule has 1 aliphatic heterocycles. The molecule has 1 fully saturated rings. The van der Waals surface area contributed by atoms with Crippen LogP contribution in [0.1, 0.15) is 26.7 Å². The number of carbonyl (C=O) groups is 2. The number of rotatable bonds is 8. The molecule has 1 saturated heterocycles. The smallest absolute Gasteiger partial charge is 0.409 e. The molecule has 0 aliphatic carbocycles. The minimum atomic E-state index is -0.263. The molecule has 0 unspecified atom stereocenters. The van der Waals surface area contributed by atoms with Crippen LogP contribution >= 0.6 is 0 Å². The Hall–Kier alpha value is -1.34. The molecule has 0 radical (unpaired) electrons. The van der Waals surface area contributed by atoms with Crippen molar-refractivity contribution in [3.05, 3.63) is 0 Å². The molecular weight excluding hydrogens is 288 g/mol. The first kappa shape index (κ1) is 18.7. The number of nitrogens with one attached hydrogen (secondary N) is 1. The molecule has 1 N–H and O–H groups in total. The van der Waals surface area contributed by atoms with Crippen LogP contribution in [0.25, 0.3) is 0 Å². The van der Waals surface area contributed by atoms with Crippen LogP contribution in [0.3, 0.4) is 0 Å². The van der Waals surface area contributed by atoms with Gasteiger partial charge in [0.25, 0.3) is 0 Å². The molecule has 1 rings (SSSR count). The molecule has 0 aromatic heterocycles. The van der Waals surface area contributed by atoms with Crippen molar-refractivity contribution < 1.29 is 23.8 Å². The van der Waals surface area contributed by atoms with Gasteiger partial charge >= 0.3 is 6.09 Å². The lowest BCUT2D eigenvalue weighted by molar-refractivity contribution is -0.127. The Morgan fingerprint density at radius 3 is 2.50 bits per heavy atom. The number of piperidine rings is 1. The highest BCUT2D eigenvalue weighted by molar-refractivity contribution is 5.77. The van der Waals surface area contributed by atoms with Crippen LogP contribution in [0.2, 0.25) is 0 Å². The van der Waals surface area contributed by atoms with Gasteiger partial charge in [0.15, 0.2) is 0 Å². The van der Waals surface area contributed by atoms with Crippen molar-refractivity contribution in [1.82, 2.24) is 10.2 Å². The number of likely N-dealkylation sites (tertiary alicyclic amines) is 1. The van der Waals surface area contributed by atoms with Gasteiger partial charge in [0.2, 0.25) is 5.91 Å². The third-order valence-electron chi connectivity index (χ3n) is 3.32. The second-order valence-electron chi connectivity index (χ2n) is 5.84. The lowest BCUT2D eigenvalue weighted by Crippen LogP contribution is -2.47. The zero-order valence-electron chi connectivity index (χ0n) is 13.8. The van der Waals surface area contributed by atoms with Gasteiger partial charge in [0.05, 0.1) is 19.8 Å². The SMILES string of the molecule is COCCOCC(=O)NC1CCN(C(=O)OCC(C)C)CC1. The van der Waals surface area contributed by atoms with E-state index >= 15 is 0 Å². The molecule has 0 aromatic carbocycles. The van der Waals surface area contributed by atoms with Gasteiger partial charge in [0.1, 0.15) is 6.61 Å². The first-order valence-electron chi connectivity index (χ1n) is 7.80. The predicted molar refractivity (Wildman–Crippen MR) is 81.6 cm³/mol. The van der Waals surface area contributed by atoms with Crippen molar-refractivity contribution in [1.29, 1.82) is 0 Å². The Balaban J connectivity index is 2.16. The molecule has 0 aromatic rings. The van der Waals surface area contributed by atoms with E-state index in [0.717, 1.165) is 12.8 Å². The average Bonchev–Trinajstić information content (AvgIpc) is 2.50. The Bertz CT molecular complexity index is 341. The molecule has 0 bridgehead atoms. The Morgan fingerprint density at radius 2 is 1.91 bits per heavy atom. The highest BCUT2D eigenvalue weighted by Gasteiger charge is 2.24. The number of amides is 2. The number of methoxy groups -OCH3 is 1. The fourth-order valence-electron chi connectivity index (χ4n) is 2.11. The highest BCUT2D eigenvalue weighted by Crippen LogP contribution is 2.12. The van der Waals surface area contributed by atoms with E-state index in [-0.39, 0.29) is 24.6 Å². The van der Waals surface area contributed by atoms with Crippen molar-refractivity contribution in [2.24, 2.45) is 5.92 Å². The molecule has 7 heteroatoms. The van der Waals surface area contributed by atoms with Crippen LogP contribution in [0.15, 0.2) is 0 Å². The van der Waals surface area contributed by atoms with E-state index in [9.17, 15) is 9.59 Å². The summed E-state index contributed by atoms with van der Waals surface area (Å²) in [6, 6.07) is 0.0904. The van der Waals surface area contributed by atoms with E-state index in [2.05, 4.69) is 5.32 Å². The monoisotopic (exact) mass is 316 g/mol. The summed E-state index contributed by atoms with van der Waals surface area (Å²) in [5.41, 5.74) is 0. The average molecular weight is 316 g/mol. The molecule has 22 heavy (non-hydrogen) atoms. The summed E-state index contributed by atoms with van der Waals surface area (Å²) in [5, 5.41) is 2.92. The molecule has 1 heterocycles. The van der Waals surface area contributed by atoms with Crippen molar-refractivity contribution in [2.45, 2.75) is 32.7 Å². The highest BCUT2D eigenvalue weighted by atomic mass is 16.6. The maximum absolute atomic E-state index is 11.8. The van der Waals surface area contributed by atoms with E-state index in [1.807, 2.05) is 13.8 Å². The second-order valence-corrected chi connectivity index (χ2v) is 5.84. The van der Waals surface area contributed by atoms with Crippen molar-refractivity contribution >= 4 is 12.0 Å². The summed E-state index contributed by atoms with van der Waals surface area (Å²) < 4.78 is 15.2. The van der Waals surface area contributed by atoms with Gasteiger partial charge in [-0.1, -0.05) is 13.8 Å². The van der Waals surface area contributed by atoms with Crippen molar-refractivity contribution in [3.63, 3.8) is 0 Å². The molecule has 2 amide bonds. The van der Waals surface area contributed by atoms with Crippen LogP contribution in [0, 0.1) is 5.92 Å². The Labute approximate surface area is 132 Å². The van der Waals surface area contributed by atoms with Gasteiger partial charge in [-0.2, -0.15) is 0 Å². The van der Waals surface area contributed by atoms with Crippen molar-refractivity contribution in [2.75, 3.05) is 46.6 Å². The zero-order chi connectivity index (χ0) is 16.4. The first-order valence-corrected chi connectivity index (χ1v) is 7.80.